The van der Waals surface area contributed by atoms with E-state index in [4.69, 9.17) is 5.11 Å². The lowest BCUT2D eigenvalue weighted by Crippen LogP contribution is -2.21. The molecule has 0 saturated carbocycles. The van der Waals surface area contributed by atoms with Gasteiger partial charge in [0.25, 0.3) is 5.69 Å². The third-order valence-electron chi connectivity index (χ3n) is 1.97. The molecule has 2 N–H and O–H groups in total. The standard InChI is InChI=1S/C9H6F3NO6/c10-9(11,12)19-5-3-1-2-4(13(17)18)6(5)7(14)8(15)16/h1-3,7,14H,(H,15,16). The van der Waals surface area contributed by atoms with Crippen LogP contribution in [0.15, 0.2) is 18.2 Å². The van der Waals surface area contributed by atoms with Gasteiger partial charge in [0.05, 0.1) is 4.92 Å². The van der Waals surface area contributed by atoms with Gasteiger partial charge in [-0.25, -0.2) is 4.79 Å². The first-order valence-corrected chi connectivity index (χ1v) is 4.57. The van der Waals surface area contributed by atoms with Gasteiger partial charge in [0, 0.05) is 6.07 Å². The van der Waals surface area contributed by atoms with Crippen molar-refractivity contribution >= 4 is 11.7 Å². The van der Waals surface area contributed by atoms with Crippen molar-refractivity contribution in [1.82, 2.24) is 0 Å². The van der Waals surface area contributed by atoms with E-state index < -0.39 is 40.4 Å². The van der Waals surface area contributed by atoms with E-state index in [1.165, 1.54) is 0 Å². The zero-order chi connectivity index (χ0) is 14.8. The molecule has 1 rings (SSSR count). The van der Waals surface area contributed by atoms with Crippen molar-refractivity contribution < 1.29 is 37.8 Å². The lowest BCUT2D eigenvalue weighted by Gasteiger charge is -2.14. The van der Waals surface area contributed by atoms with Gasteiger partial charge in [-0.05, 0) is 6.07 Å². The van der Waals surface area contributed by atoms with Crippen LogP contribution in [0.2, 0.25) is 0 Å². The summed E-state index contributed by atoms with van der Waals surface area (Å²) in [6.07, 6.45) is -7.69. The predicted molar refractivity (Wildman–Crippen MR) is 52.4 cm³/mol. The van der Waals surface area contributed by atoms with E-state index in [2.05, 4.69) is 4.74 Å². The fraction of sp³-hybridized carbons (Fsp3) is 0.222. The van der Waals surface area contributed by atoms with Crippen LogP contribution in [0.4, 0.5) is 18.9 Å². The van der Waals surface area contributed by atoms with Crippen molar-refractivity contribution in [2.75, 3.05) is 0 Å². The van der Waals surface area contributed by atoms with Gasteiger partial charge in [-0.2, -0.15) is 0 Å². The molecule has 0 aliphatic heterocycles. The molecule has 0 saturated heterocycles. The molecule has 104 valence electrons. The first kappa shape index (κ1) is 14.7. The largest absolute Gasteiger partial charge is 0.573 e. The Morgan fingerprint density at radius 2 is 2.00 bits per heavy atom. The number of benzene rings is 1. The summed E-state index contributed by atoms with van der Waals surface area (Å²) < 4.78 is 39.8. The summed E-state index contributed by atoms with van der Waals surface area (Å²) in [4.78, 5) is 20.1. The Morgan fingerprint density at radius 1 is 1.42 bits per heavy atom. The van der Waals surface area contributed by atoms with E-state index in [0.717, 1.165) is 12.1 Å². The van der Waals surface area contributed by atoms with Gasteiger partial charge in [-0.3, -0.25) is 10.1 Å². The van der Waals surface area contributed by atoms with E-state index in [1.807, 2.05) is 0 Å². The maximum absolute atomic E-state index is 12.1. The SMILES string of the molecule is O=C(O)C(O)c1c(OC(F)(F)F)cccc1[N+](=O)[O-]. The number of hydrogen-bond acceptors (Lipinski definition) is 5. The van der Waals surface area contributed by atoms with Crippen LogP contribution in [-0.2, 0) is 4.79 Å². The number of halogens is 3. The summed E-state index contributed by atoms with van der Waals surface area (Å²) in [5, 5.41) is 28.4. The van der Waals surface area contributed by atoms with Crippen LogP contribution in [0, 0.1) is 10.1 Å². The number of carboxylic acids is 1. The van der Waals surface area contributed by atoms with Crippen molar-refractivity contribution in [3.63, 3.8) is 0 Å². The first-order valence-electron chi connectivity index (χ1n) is 4.57. The fourth-order valence-electron chi connectivity index (χ4n) is 1.30. The summed E-state index contributed by atoms with van der Waals surface area (Å²) in [5.74, 6) is -3.09. The second kappa shape index (κ2) is 5.10. The normalized spacial score (nSPS) is 12.8. The minimum atomic E-state index is -5.18. The summed E-state index contributed by atoms with van der Waals surface area (Å²) in [6, 6.07) is 2.30. The smallest absolute Gasteiger partial charge is 0.479 e. The number of nitro groups is 1. The van der Waals surface area contributed by atoms with Crippen LogP contribution >= 0.6 is 0 Å². The Hall–Kier alpha value is -2.36. The maximum atomic E-state index is 12.1. The molecule has 0 spiro atoms. The summed E-state index contributed by atoms with van der Waals surface area (Å²) in [6.45, 7) is 0. The number of carbonyl (C=O) groups is 1. The van der Waals surface area contributed by atoms with Crippen LogP contribution in [0.1, 0.15) is 11.7 Å². The van der Waals surface area contributed by atoms with Crippen LogP contribution in [0.3, 0.4) is 0 Å². The molecule has 19 heavy (non-hydrogen) atoms. The molecule has 1 atom stereocenters. The highest BCUT2D eigenvalue weighted by molar-refractivity contribution is 5.77. The lowest BCUT2D eigenvalue weighted by molar-refractivity contribution is -0.386. The third kappa shape index (κ3) is 3.55. The Labute approximate surface area is 103 Å². The lowest BCUT2D eigenvalue weighted by atomic mass is 10.1. The van der Waals surface area contributed by atoms with E-state index >= 15 is 0 Å². The number of ether oxygens (including phenoxy) is 1. The predicted octanol–water partition coefficient (Wildman–Crippen LogP) is 1.61. The number of aliphatic hydroxyl groups excluding tert-OH is 1. The number of alkyl halides is 3. The fourth-order valence-corrected chi connectivity index (χ4v) is 1.30. The molecule has 1 unspecified atom stereocenters. The molecule has 10 heteroatoms. The molecule has 0 fully saturated rings. The van der Waals surface area contributed by atoms with Gasteiger partial charge in [0.2, 0.25) is 0 Å². The number of aliphatic hydroxyl groups is 1. The van der Waals surface area contributed by atoms with Crippen LogP contribution in [0.25, 0.3) is 0 Å². The van der Waals surface area contributed by atoms with Gasteiger partial charge in [-0.1, -0.05) is 6.07 Å². The maximum Gasteiger partial charge on any atom is 0.573 e. The molecular formula is C9H6F3NO6. The number of aliphatic carboxylic acids is 1. The molecule has 0 radical (unpaired) electrons. The van der Waals surface area contributed by atoms with Crippen molar-refractivity contribution in [2.24, 2.45) is 0 Å². The van der Waals surface area contributed by atoms with Gasteiger partial charge >= 0.3 is 12.3 Å². The number of rotatable bonds is 4. The second-order valence-electron chi connectivity index (χ2n) is 3.23. The van der Waals surface area contributed by atoms with E-state index in [-0.39, 0.29) is 0 Å². The van der Waals surface area contributed by atoms with Crippen LogP contribution in [-0.4, -0.2) is 27.5 Å². The minimum Gasteiger partial charge on any atom is -0.479 e. The monoisotopic (exact) mass is 281 g/mol. The van der Waals surface area contributed by atoms with E-state index in [9.17, 15) is 33.2 Å². The average molecular weight is 281 g/mol. The number of hydrogen-bond donors (Lipinski definition) is 2. The number of nitro benzene ring substituents is 1. The zero-order valence-electron chi connectivity index (χ0n) is 8.92. The summed E-state index contributed by atoms with van der Waals surface area (Å²) in [7, 11) is 0. The van der Waals surface area contributed by atoms with Gasteiger partial charge < -0.3 is 14.9 Å². The van der Waals surface area contributed by atoms with E-state index in [1.54, 1.807) is 0 Å². The molecule has 0 heterocycles. The molecule has 0 bridgehead atoms. The molecule has 0 aliphatic rings. The highest BCUT2D eigenvalue weighted by atomic mass is 19.4. The Bertz CT molecular complexity index is 515. The Kier molecular flexibility index (Phi) is 3.95. The Balaban J connectivity index is 3.42. The molecule has 1 aromatic rings. The first-order chi connectivity index (χ1) is 8.63. The number of carboxylic acid groups (broad SMARTS) is 1. The molecule has 7 nitrogen and oxygen atoms in total. The summed E-state index contributed by atoms with van der Waals surface area (Å²) >= 11 is 0. The molecular weight excluding hydrogens is 275 g/mol. The quantitative estimate of drug-likeness (QED) is 0.640. The van der Waals surface area contributed by atoms with Crippen LogP contribution < -0.4 is 4.74 Å². The number of nitrogens with zero attached hydrogens (tertiary/aromatic N) is 1. The van der Waals surface area contributed by atoms with Crippen molar-refractivity contribution in [3.05, 3.63) is 33.9 Å². The minimum absolute atomic E-state index is 0.669. The highest BCUT2D eigenvalue weighted by Gasteiger charge is 2.37. The van der Waals surface area contributed by atoms with Gasteiger partial charge in [0.15, 0.2) is 6.10 Å². The molecule has 0 amide bonds. The van der Waals surface area contributed by atoms with Crippen molar-refractivity contribution in [2.45, 2.75) is 12.5 Å². The second-order valence-corrected chi connectivity index (χ2v) is 3.23. The molecule has 0 aromatic heterocycles. The van der Waals surface area contributed by atoms with Gasteiger partial charge in [-0.15, -0.1) is 13.2 Å². The average Bonchev–Trinajstić information content (AvgIpc) is 2.25. The summed E-state index contributed by atoms with van der Waals surface area (Å²) in [5.41, 5.74) is -2.06. The highest BCUT2D eigenvalue weighted by Crippen LogP contribution is 2.36. The topological polar surface area (TPSA) is 110 Å². The van der Waals surface area contributed by atoms with Crippen molar-refractivity contribution in [3.8, 4) is 5.75 Å². The zero-order valence-corrected chi connectivity index (χ0v) is 8.92. The third-order valence-corrected chi connectivity index (χ3v) is 1.97. The molecule has 0 aliphatic carbocycles. The van der Waals surface area contributed by atoms with Crippen molar-refractivity contribution in [1.29, 1.82) is 0 Å². The van der Waals surface area contributed by atoms with E-state index in [0.29, 0.717) is 6.07 Å². The Morgan fingerprint density at radius 3 is 2.42 bits per heavy atom. The van der Waals surface area contributed by atoms with Crippen LogP contribution in [0.5, 0.6) is 5.75 Å². The van der Waals surface area contributed by atoms with Gasteiger partial charge in [0.1, 0.15) is 11.3 Å². The molecule has 1 aromatic carbocycles.